The van der Waals surface area contributed by atoms with Crippen molar-refractivity contribution in [3.63, 3.8) is 0 Å². The van der Waals surface area contributed by atoms with Crippen molar-refractivity contribution in [2.45, 2.75) is 104 Å². The van der Waals surface area contributed by atoms with Gasteiger partial charge in [0.1, 0.15) is 0 Å². The van der Waals surface area contributed by atoms with E-state index in [0.717, 1.165) is 19.8 Å². The summed E-state index contributed by atoms with van der Waals surface area (Å²) in [5.74, 6) is 0. The molecular weight excluding hydrogens is 438 g/mol. The van der Waals surface area contributed by atoms with E-state index in [-0.39, 0.29) is 0 Å². The number of anilines is 2. The molecule has 0 aliphatic rings. The van der Waals surface area contributed by atoms with Gasteiger partial charge in [-0.05, 0) is 50.2 Å². The van der Waals surface area contributed by atoms with Crippen LogP contribution in [0.5, 0.6) is 0 Å². The molecule has 0 amide bonds. The number of hydrogen-bond acceptors (Lipinski definition) is 3. The molecule has 2 aromatic rings. The highest BCUT2D eigenvalue weighted by atomic mass is 15.3. The molecule has 3 heteroatoms. The molecule has 0 aromatic heterocycles. The Morgan fingerprint density at radius 1 is 0.528 bits per heavy atom. The van der Waals surface area contributed by atoms with Crippen LogP contribution in [0.4, 0.5) is 11.4 Å². The standard InChI is InChI=1S/C33H55N3/c1-3-5-7-9-11-13-21-28-35(29-22-14-12-10-8-6-4-2)31-36(33-25-19-16-20-26-33)30-27-34-32-23-17-15-18-24-32/h15-20,23-26,34H,3-14,21-22,27-31H2,1-2H3. The van der Waals surface area contributed by atoms with Crippen LogP contribution in [0.25, 0.3) is 0 Å². The second-order valence-corrected chi connectivity index (χ2v) is 10.4. The normalized spacial score (nSPS) is 11.2. The zero-order valence-corrected chi connectivity index (χ0v) is 23.6. The first-order chi connectivity index (χ1) is 17.8. The van der Waals surface area contributed by atoms with Crippen molar-refractivity contribution >= 4 is 11.4 Å². The second-order valence-electron chi connectivity index (χ2n) is 10.4. The van der Waals surface area contributed by atoms with Crippen molar-refractivity contribution in [2.75, 3.05) is 43.1 Å². The highest BCUT2D eigenvalue weighted by molar-refractivity contribution is 5.47. The molecule has 2 aromatic carbocycles. The minimum Gasteiger partial charge on any atom is -0.383 e. The van der Waals surface area contributed by atoms with Gasteiger partial charge in [-0.25, -0.2) is 0 Å². The van der Waals surface area contributed by atoms with E-state index in [0.29, 0.717) is 0 Å². The number of para-hydroxylation sites is 2. The van der Waals surface area contributed by atoms with Gasteiger partial charge in [0.2, 0.25) is 0 Å². The molecule has 0 saturated heterocycles. The number of nitrogens with one attached hydrogen (secondary N) is 1. The quantitative estimate of drug-likeness (QED) is 0.123. The predicted octanol–water partition coefficient (Wildman–Crippen LogP) is 9.37. The van der Waals surface area contributed by atoms with Gasteiger partial charge in [0.05, 0.1) is 6.67 Å². The summed E-state index contributed by atoms with van der Waals surface area (Å²) in [5.41, 5.74) is 2.53. The van der Waals surface area contributed by atoms with Crippen molar-refractivity contribution in [1.82, 2.24) is 4.90 Å². The molecule has 202 valence electrons. The lowest BCUT2D eigenvalue weighted by molar-refractivity contribution is 0.259. The predicted molar refractivity (Wildman–Crippen MR) is 161 cm³/mol. The van der Waals surface area contributed by atoms with Gasteiger partial charge in [-0.2, -0.15) is 0 Å². The molecule has 1 N–H and O–H groups in total. The van der Waals surface area contributed by atoms with E-state index in [1.807, 2.05) is 0 Å². The van der Waals surface area contributed by atoms with Crippen molar-refractivity contribution in [3.8, 4) is 0 Å². The molecule has 0 unspecified atom stereocenters. The number of benzene rings is 2. The summed E-state index contributed by atoms with van der Waals surface area (Å²) in [6, 6.07) is 21.6. The van der Waals surface area contributed by atoms with Crippen LogP contribution >= 0.6 is 0 Å². The average molecular weight is 494 g/mol. The summed E-state index contributed by atoms with van der Waals surface area (Å²) in [7, 11) is 0. The van der Waals surface area contributed by atoms with Crippen LogP contribution < -0.4 is 10.2 Å². The first-order valence-electron chi connectivity index (χ1n) is 15.1. The molecule has 0 heterocycles. The molecule has 0 aliphatic carbocycles. The van der Waals surface area contributed by atoms with E-state index < -0.39 is 0 Å². The zero-order valence-electron chi connectivity index (χ0n) is 23.6. The molecule has 0 spiro atoms. The molecule has 0 aliphatic heterocycles. The van der Waals surface area contributed by atoms with Gasteiger partial charge in [-0.1, -0.05) is 127 Å². The lowest BCUT2D eigenvalue weighted by Crippen LogP contribution is -2.41. The van der Waals surface area contributed by atoms with Gasteiger partial charge in [-0.3, -0.25) is 4.90 Å². The van der Waals surface area contributed by atoms with Crippen molar-refractivity contribution in [3.05, 3.63) is 60.7 Å². The first kappa shape index (κ1) is 30.2. The fourth-order valence-electron chi connectivity index (χ4n) is 4.89. The molecule has 0 fully saturated rings. The van der Waals surface area contributed by atoms with Crippen LogP contribution in [-0.4, -0.2) is 37.7 Å². The third-order valence-corrected chi connectivity index (χ3v) is 7.13. The Bertz CT molecular complexity index is 700. The molecule has 0 radical (unpaired) electrons. The van der Waals surface area contributed by atoms with Gasteiger partial charge >= 0.3 is 0 Å². The van der Waals surface area contributed by atoms with Gasteiger partial charge in [0.25, 0.3) is 0 Å². The van der Waals surface area contributed by atoms with Crippen LogP contribution in [0.15, 0.2) is 60.7 Å². The number of rotatable bonds is 23. The highest BCUT2D eigenvalue weighted by Gasteiger charge is 2.12. The smallest absolute Gasteiger partial charge is 0.0707 e. The Balaban J connectivity index is 1.88. The van der Waals surface area contributed by atoms with Crippen LogP contribution in [0, 0.1) is 0 Å². The van der Waals surface area contributed by atoms with Crippen LogP contribution in [0.1, 0.15) is 104 Å². The van der Waals surface area contributed by atoms with Crippen LogP contribution in [-0.2, 0) is 0 Å². The van der Waals surface area contributed by atoms with Crippen molar-refractivity contribution in [2.24, 2.45) is 0 Å². The number of unbranched alkanes of at least 4 members (excludes halogenated alkanes) is 12. The number of nitrogens with zero attached hydrogens (tertiary/aromatic N) is 2. The van der Waals surface area contributed by atoms with E-state index >= 15 is 0 Å². The molecule has 0 saturated carbocycles. The molecule has 0 atom stereocenters. The summed E-state index contributed by atoms with van der Waals surface area (Å²) >= 11 is 0. The maximum atomic E-state index is 3.61. The monoisotopic (exact) mass is 493 g/mol. The van der Waals surface area contributed by atoms with E-state index in [9.17, 15) is 0 Å². The number of hydrogen-bond donors (Lipinski definition) is 1. The Morgan fingerprint density at radius 3 is 1.53 bits per heavy atom. The Labute approximate surface area is 223 Å². The topological polar surface area (TPSA) is 18.5 Å². The minimum atomic E-state index is 0.946. The molecular formula is C33H55N3. The van der Waals surface area contributed by atoms with Gasteiger partial charge in [-0.15, -0.1) is 0 Å². The molecule has 0 bridgehead atoms. The largest absolute Gasteiger partial charge is 0.383 e. The first-order valence-corrected chi connectivity index (χ1v) is 15.1. The summed E-state index contributed by atoms with van der Waals surface area (Å²) in [5, 5.41) is 3.61. The maximum absolute atomic E-state index is 3.61. The summed E-state index contributed by atoms with van der Waals surface area (Å²) in [6.07, 6.45) is 19.3. The highest BCUT2D eigenvalue weighted by Crippen LogP contribution is 2.16. The third kappa shape index (κ3) is 14.5. The van der Waals surface area contributed by atoms with Gasteiger partial charge in [0, 0.05) is 24.5 Å². The van der Waals surface area contributed by atoms with Gasteiger partial charge < -0.3 is 10.2 Å². The maximum Gasteiger partial charge on any atom is 0.0707 e. The molecule has 2 rings (SSSR count). The second kappa shape index (κ2) is 21.1. The van der Waals surface area contributed by atoms with Crippen molar-refractivity contribution in [1.29, 1.82) is 0 Å². The lowest BCUT2D eigenvalue weighted by atomic mass is 10.1. The van der Waals surface area contributed by atoms with Crippen LogP contribution in [0.3, 0.4) is 0 Å². The van der Waals surface area contributed by atoms with E-state index in [2.05, 4.69) is 89.6 Å². The van der Waals surface area contributed by atoms with E-state index in [1.165, 1.54) is 114 Å². The fraction of sp³-hybridized carbons (Fsp3) is 0.636. The molecule has 3 nitrogen and oxygen atoms in total. The Kier molecular flexibility index (Phi) is 17.7. The zero-order chi connectivity index (χ0) is 25.5. The van der Waals surface area contributed by atoms with Gasteiger partial charge in [0.15, 0.2) is 0 Å². The Morgan fingerprint density at radius 2 is 1.00 bits per heavy atom. The van der Waals surface area contributed by atoms with Crippen LogP contribution in [0.2, 0.25) is 0 Å². The summed E-state index contributed by atoms with van der Waals surface area (Å²) in [6.45, 7) is 10.0. The lowest BCUT2D eigenvalue weighted by Gasteiger charge is -2.32. The third-order valence-electron chi connectivity index (χ3n) is 7.13. The average Bonchev–Trinajstić information content (AvgIpc) is 2.92. The summed E-state index contributed by atoms with van der Waals surface area (Å²) in [4.78, 5) is 5.30. The Hall–Kier alpha value is -2.00. The van der Waals surface area contributed by atoms with Crippen molar-refractivity contribution < 1.29 is 0 Å². The van der Waals surface area contributed by atoms with E-state index in [4.69, 9.17) is 0 Å². The SMILES string of the molecule is CCCCCCCCCN(CCCCCCCCC)CN(CCNc1ccccc1)c1ccccc1. The minimum absolute atomic E-state index is 0.946. The molecule has 36 heavy (non-hydrogen) atoms. The van der Waals surface area contributed by atoms with E-state index in [1.54, 1.807) is 0 Å². The summed E-state index contributed by atoms with van der Waals surface area (Å²) < 4.78 is 0. The fourth-order valence-corrected chi connectivity index (χ4v) is 4.89.